The standard InChI is InChI=1S/C15H21NO2/c1-12(8-11-17)15(18)9-10-16(2)14(15)13-6-4-3-5-7-13/h3-8,14,17-18H,9-11H2,1-2H3/b12-8-. The summed E-state index contributed by atoms with van der Waals surface area (Å²) in [6.45, 7) is 2.72. The molecule has 18 heavy (non-hydrogen) atoms. The number of benzene rings is 1. The van der Waals surface area contributed by atoms with Gasteiger partial charge in [-0.1, -0.05) is 36.4 Å². The number of rotatable bonds is 3. The van der Waals surface area contributed by atoms with Crippen LogP contribution in [0, 0.1) is 0 Å². The van der Waals surface area contributed by atoms with Crippen LogP contribution < -0.4 is 0 Å². The van der Waals surface area contributed by atoms with Gasteiger partial charge < -0.3 is 10.2 Å². The largest absolute Gasteiger partial charge is 0.392 e. The van der Waals surface area contributed by atoms with E-state index in [1.54, 1.807) is 6.08 Å². The average Bonchev–Trinajstić information content (AvgIpc) is 2.68. The Morgan fingerprint density at radius 1 is 1.44 bits per heavy atom. The summed E-state index contributed by atoms with van der Waals surface area (Å²) < 4.78 is 0. The lowest BCUT2D eigenvalue weighted by Gasteiger charge is -2.34. The predicted molar refractivity (Wildman–Crippen MR) is 72.2 cm³/mol. The first kappa shape index (κ1) is 13.3. The fraction of sp³-hybridized carbons (Fsp3) is 0.467. The van der Waals surface area contributed by atoms with Gasteiger partial charge in [0, 0.05) is 6.54 Å². The fourth-order valence-corrected chi connectivity index (χ4v) is 2.87. The molecule has 2 N–H and O–H groups in total. The fourth-order valence-electron chi connectivity index (χ4n) is 2.87. The van der Waals surface area contributed by atoms with Gasteiger partial charge in [0.25, 0.3) is 0 Å². The zero-order chi connectivity index (χ0) is 13.2. The Hall–Kier alpha value is -1.16. The van der Waals surface area contributed by atoms with Crippen molar-refractivity contribution < 1.29 is 10.2 Å². The first-order valence-electron chi connectivity index (χ1n) is 6.35. The molecule has 98 valence electrons. The van der Waals surface area contributed by atoms with Crippen molar-refractivity contribution in [3.63, 3.8) is 0 Å². The lowest BCUT2D eigenvalue weighted by atomic mass is 9.83. The van der Waals surface area contributed by atoms with Crippen LogP contribution in [-0.4, -0.2) is 40.9 Å². The maximum absolute atomic E-state index is 11.0. The third-order valence-electron chi connectivity index (χ3n) is 3.93. The van der Waals surface area contributed by atoms with Gasteiger partial charge in [-0.25, -0.2) is 0 Å². The minimum Gasteiger partial charge on any atom is -0.392 e. The average molecular weight is 247 g/mol. The molecule has 2 rings (SSSR count). The summed E-state index contributed by atoms with van der Waals surface area (Å²) in [7, 11) is 2.03. The minimum absolute atomic E-state index is 0.0284. The van der Waals surface area contributed by atoms with E-state index in [9.17, 15) is 5.11 Å². The van der Waals surface area contributed by atoms with Gasteiger partial charge in [0.15, 0.2) is 0 Å². The molecule has 0 saturated carbocycles. The highest BCUT2D eigenvalue weighted by Gasteiger charge is 2.46. The monoisotopic (exact) mass is 247 g/mol. The Balaban J connectivity index is 2.39. The Bertz CT molecular complexity index is 429. The van der Waals surface area contributed by atoms with Crippen LogP contribution in [0.2, 0.25) is 0 Å². The first-order chi connectivity index (χ1) is 8.59. The highest BCUT2D eigenvalue weighted by atomic mass is 16.3. The van der Waals surface area contributed by atoms with Crippen LogP contribution in [-0.2, 0) is 0 Å². The van der Waals surface area contributed by atoms with Crippen molar-refractivity contribution in [2.24, 2.45) is 0 Å². The van der Waals surface area contributed by atoms with Crippen molar-refractivity contribution in [2.45, 2.75) is 25.0 Å². The van der Waals surface area contributed by atoms with Crippen LogP contribution in [0.5, 0.6) is 0 Å². The summed E-state index contributed by atoms with van der Waals surface area (Å²) >= 11 is 0. The molecule has 3 heteroatoms. The van der Waals surface area contributed by atoms with Gasteiger partial charge in [0.1, 0.15) is 5.60 Å². The molecule has 0 radical (unpaired) electrons. The summed E-state index contributed by atoms with van der Waals surface area (Å²) in [5, 5.41) is 20.0. The van der Waals surface area contributed by atoms with Crippen LogP contribution in [0.15, 0.2) is 42.0 Å². The topological polar surface area (TPSA) is 43.7 Å². The molecule has 1 saturated heterocycles. The summed E-state index contributed by atoms with van der Waals surface area (Å²) in [6.07, 6.45) is 2.40. The Kier molecular flexibility index (Phi) is 3.85. The van der Waals surface area contributed by atoms with E-state index in [2.05, 4.69) is 4.90 Å². The second-order valence-electron chi connectivity index (χ2n) is 5.04. The van der Waals surface area contributed by atoms with Crippen LogP contribution in [0.25, 0.3) is 0 Å². The van der Waals surface area contributed by atoms with Crippen molar-refractivity contribution in [1.29, 1.82) is 0 Å². The number of aliphatic hydroxyl groups is 2. The molecule has 0 bridgehead atoms. The van der Waals surface area contributed by atoms with E-state index >= 15 is 0 Å². The molecular weight excluding hydrogens is 226 g/mol. The molecule has 2 atom stereocenters. The van der Waals surface area contributed by atoms with E-state index in [0.29, 0.717) is 6.42 Å². The van der Waals surface area contributed by atoms with Crippen LogP contribution in [0.4, 0.5) is 0 Å². The van der Waals surface area contributed by atoms with E-state index in [1.807, 2.05) is 44.3 Å². The van der Waals surface area contributed by atoms with E-state index in [4.69, 9.17) is 5.11 Å². The maximum atomic E-state index is 11.0. The molecular formula is C15H21NO2. The summed E-state index contributed by atoms with van der Waals surface area (Å²) in [5.74, 6) is 0. The second kappa shape index (κ2) is 5.22. The molecule has 0 aliphatic carbocycles. The van der Waals surface area contributed by atoms with Gasteiger partial charge in [-0.2, -0.15) is 0 Å². The molecule has 2 unspecified atom stereocenters. The van der Waals surface area contributed by atoms with Crippen molar-refractivity contribution in [2.75, 3.05) is 20.2 Å². The third kappa shape index (κ3) is 2.21. The smallest absolute Gasteiger partial charge is 0.106 e. The molecule has 0 aromatic heterocycles. The lowest BCUT2D eigenvalue weighted by molar-refractivity contribution is 0.0410. The lowest BCUT2D eigenvalue weighted by Crippen LogP contribution is -2.37. The van der Waals surface area contributed by atoms with Gasteiger partial charge in [-0.05, 0) is 31.5 Å². The maximum Gasteiger partial charge on any atom is 0.106 e. The quantitative estimate of drug-likeness (QED) is 0.800. The molecule has 0 spiro atoms. The number of nitrogens with zero attached hydrogens (tertiary/aromatic N) is 1. The van der Waals surface area contributed by atoms with Gasteiger partial charge >= 0.3 is 0 Å². The Labute approximate surface area is 108 Å². The first-order valence-corrected chi connectivity index (χ1v) is 6.35. The zero-order valence-electron chi connectivity index (χ0n) is 11.0. The second-order valence-corrected chi connectivity index (χ2v) is 5.04. The van der Waals surface area contributed by atoms with Gasteiger partial charge in [0.05, 0.1) is 12.6 Å². The summed E-state index contributed by atoms with van der Waals surface area (Å²) in [6, 6.07) is 10.0. The predicted octanol–water partition coefficient (Wildman–Crippen LogP) is 1.73. The molecule has 1 heterocycles. The number of hydrogen-bond donors (Lipinski definition) is 2. The number of hydrogen-bond acceptors (Lipinski definition) is 3. The molecule has 1 aliphatic rings. The normalized spacial score (nSPS) is 29.8. The van der Waals surface area contributed by atoms with Crippen LogP contribution in [0.1, 0.15) is 24.9 Å². The third-order valence-corrected chi connectivity index (χ3v) is 3.93. The Morgan fingerprint density at radius 2 is 2.11 bits per heavy atom. The Morgan fingerprint density at radius 3 is 2.72 bits per heavy atom. The highest BCUT2D eigenvalue weighted by molar-refractivity contribution is 5.31. The van der Waals surface area contributed by atoms with Crippen molar-refractivity contribution in [1.82, 2.24) is 4.90 Å². The SMILES string of the molecule is C/C(=C/CO)C1(O)CCN(C)C1c1ccccc1. The molecule has 3 nitrogen and oxygen atoms in total. The summed E-state index contributed by atoms with van der Waals surface area (Å²) in [5.41, 5.74) is 1.09. The minimum atomic E-state index is -0.876. The summed E-state index contributed by atoms with van der Waals surface area (Å²) in [4.78, 5) is 2.17. The molecule has 1 aromatic carbocycles. The molecule has 0 amide bonds. The van der Waals surface area contributed by atoms with Crippen molar-refractivity contribution in [3.05, 3.63) is 47.5 Å². The van der Waals surface area contributed by atoms with E-state index in [1.165, 1.54) is 0 Å². The molecule has 1 aliphatic heterocycles. The van der Waals surface area contributed by atoms with Gasteiger partial charge in [-0.15, -0.1) is 0 Å². The molecule has 1 fully saturated rings. The van der Waals surface area contributed by atoms with Gasteiger partial charge in [-0.3, -0.25) is 4.90 Å². The van der Waals surface area contributed by atoms with E-state index in [0.717, 1.165) is 17.7 Å². The van der Waals surface area contributed by atoms with Gasteiger partial charge in [0.2, 0.25) is 0 Å². The number of likely N-dealkylation sites (tertiary alicyclic amines) is 1. The zero-order valence-corrected chi connectivity index (χ0v) is 11.0. The van der Waals surface area contributed by atoms with Crippen molar-refractivity contribution in [3.8, 4) is 0 Å². The van der Waals surface area contributed by atoms with Crippen LogP contribution >= 0.6 is 0 Å². The van der Waals surface area contributed by atoms with E-state index in [-0.39, 0.29) is 12.6 Å². The van der Waals surface area contributed by atoms with Crippen molar-refractivity contribution >= 4 is 0 Å². The number of aliphatic hydroxyl groups excluding tert-OH is 1. The number of likely N-dealkylation sites (N-methyl/N-ethyl adjacent to an activating group) is 1. The van der Waals surface area contributed by atoms with E-state index < -0.39 is 5.60 Å². The molecule has 1 aromatic rings. The highest BCUT2D eigenvalue weighted by Crippen LogP contribution is 2.43. The van der Waals surface area contributed by atoms with Crippen LogP contribution in [0.3, 0.4) is 0 Å².